The van der Waals surface area contributed by atoms with Crippen LogP contribution in [-0.4, -0.2) is 174 Å². The van der Waals surface area contributed by atoms with Gasteiger partial charge in [0.25, 0.3) is 12.6 Å². The molecule has 1 atom stereocenters. The molecule has 4 aromatic rings. The summed E-state index contributed by atoms with van der Waals surface area (Å²) in [6, 6.07) is 14.0. The smallest absolute Gasteiger partial charge is 0.283 e. The molecule has 5 heterocycles. The lowest BCUT2D eigenvalue weighted by molar-refractivity contribution is -0.134. The Morgan fingerprint density at radius 1 is 0.930 bits per heavy atom. The average Bonchev–Trinajstić information content (AvgIpc) is 3.39. The molecule has 7 rings (SSSR count). The molecule has 1 unspecified atom stereocenters. The maximum atomic E-state index is 13.6. The van der Waals surface area contributed by atoms with E-state index in [4.69, 9.17) is 11.1 Å². The van der Waals surface area contributed by atoms with Gasteiger partial charge in [0.15, 0.2) is 12.0 Å². The fourth-order valence-corrected chi connectivity index (χ4v) is 8.68. The normalized spacial score (nSPS) is 15.2. The topological polar surface area (TPSA) is 226 Å². The first-order valence-corrected chi connectivity index (χ1v) is 25.8. The Morgan fingerprint density at radius 2 is 1.59 bits per heavy atom. The van der Waals surface area contributed by atoms with Gasteiger partial charge in [-0.15, -0.1) is 9.24 Å². The quantitative estimate of drug-likeness (QED) is 0.0618. The van der Waals surface area contributed by atoms with Crippen molar-refractivity contribution >= 4 is 73.2 Å². The summed E-state index contributed by atoms with van der Waals surface area (Å²) in [7, 11) is 4.51. The molecule has 0 bridgehead atoms. The first-order chi connectivity index (χ1) is 34.3. The number of piperazine rings is 2. The van der Waals surface area contributed by atoms with Gasteiger partial charge in [0.1, 0.15) is 12.1 Å². The molecule has 0 radical (unpaired) electrons. The van der Waals surface area contributed by atoms with Crippen molar-refractivity contribution in [1.82, 2.24) is 39.5 Å². The second kappa shape index (κ2) is 30.1. The van der Waals surface area contributed by atoms with Gasteiger partial charge in [0, 0.05) is 130 Å². The predicted octanol–water partition coefficient (Wildman–Crippen LogP) is 5.02. The molecule has 3 aliphatic rings. The van der Waals surface area contributed by atoms with Gasteiger partial charge in [-0.25, -0.2) is 24.6 Å². The Kier molecular flexibility index (Phi) is 24.5. The van der Waals surface area contributed by atoms with E-state index < -0.39 is 18.4 Å². The molecular formula is C50H66BBrFN12O5P. The van der Waals surface area contributed by atoms with Crippen molar-refractivity contribution in [3.05, 3.63) is 117 Å². The number of likely N-dealkylation sites (tertiary alicyclic amines) is 1. The number of aromatic nitrogens is 3. The van der Waals surface area contributed by atoms with Gasteiger partial charge >= 0.3 is 0 Å². The minimum atomic E-state index is -0.608. The molecule has 0 aliphatic carbocycles. The second-order valence-corrected chi connectivity index (χ2v) is 18.0. The van der Waals surface area contributed by atoms with Crippen molar-refractivity contribution in [2.45, 2.75) is 45.8 Å². The van der Waals surface area contributed by atoms with E-state index >= 15 is 0 Å². The number of nitrogens with one attached hydrogen (secondary N) is 2. The number of pyridine rings is 1. The van der Waals surface area contributed by atoms with E-state index in [2.05, 4.69) is 73.2 Å². The second-order valence-electron chi connectivity index (χ2n) is 17.1. The van der Waals surface area contributed by atoms with E-state index in [1.807, 2.05) is 30.3 Å². The number of nitrogens with zero attached hydrogens (tertiary/aromatic N) is 9. The van der Waals surface area contributed by atoms with Crippen LogP contribution in [-0.2, 0) is 22.3 Å². The lowest BCUT2D eigenvalue weighted by atomic mass is 9.46. The highest BCUT2D eigenvalue weighted by atomic mass is 79.9. The molecule has 17 nitrogen and oxygen atoms in total. The fraction of sp³-hybridized carbons (Fsp3) is 0.440. The van der Waals surface area contributed by atoms with Crippen LogP contribution in [0.5, 0.6) is 0 Å². The summed E-state index contributed by atoms with van der Waals surface area (Å²) in [5, 5.41) is 20.5. The van der Waals surface area contributed by atoms with Crippen LogP contribution >= 0.6 is 25.2 Å². The number of hydrogen-bond acceptors (Lipinski definition) is 13. The van der Waals surface area contributed by atoms with Crippen LogP contribution in [0.1, 0.15) is 74.7 Å². The number of piperidine rings is 1. The third-order valence-electron chi connectivity index (χ3n) is 12.2. The minimum Gasteiger partial charge on any atom is -0.366 e. The zero-order chi connectivity index (χ0) is 51.9. The number of likely N-dealkylation sites (N-methyl/N-ethyl adjacent to an activating group) is 1. The van der Waals surface area contributed by atoms with E-state index in [1.54, 1.807) is 48.8 Å². The molecule has 3 saturated heterocycles. The summed E-state index contributed by atoms with van der Waals surface area (Å²) in [6.07, 6.45) is 7.28. The van der Waals surface area contributed by atoms with Crippen LogP contribution in [0.25, 0.3) is 0 Å². The highest BCUT2D eigenvalue weighted by molar-refractivity contribution is 9.10. The molecule has 4 N–H and O–H groups in total. The lowest BCUT2D eigenvalue weighted by Gasteiger charge is -2.39. The Balaban J connectivity index is 0.000000365. The summed E-state index contributed by atoms with van der Waals surface area (Å²) >= 11 is 3.40. The van der Waals surface area contributed by atoms with Gasteiger partial charge in [-0.2, -0.15) is 0 Å². The van der Waals surface area contributed by atoms with E-state index in [9.17, 15) is 33.6 Å². The molecule has 0 spiro atoms. The average molecular weight is 1060 g/mol. The largest absolute Gasteiger partial charge is 0.366 e. The maximum Gasteiger partial charge on any atom is 0.283 e. The van der Waals surface area contributed by atoms with Crippen molar-refractivity contribution in [2.24, 2.45) is 11.7 Å². The first kappa shape index (κ1) is 57.7. The van der Waals surface area contributed by atoms with Crippen molar-refractivity contribution in [3.8, 4) is 5.97 Å². The van der Waals surface area contributed by atoms with E-state index in [0.29, 0.717) is 65.1 Å². The SMILES string of the molecule is CC.CN1CCN(C(=O)CN2CCN(CC3CCN(C(=O)c4ncc(Br)cc4NC(=O)CB(C#N)Cc4ccncn4)CC3)CC2)CC1.CP.N=C(Cc1ccc(F)c(C=O)c1)c1ccccc1C(N)=O. The maximum absolute atomic E-state index is 13.6. The Labute approximate surface area is 428 Å². The molecule has 2 aromatic carbocycles. The van der Waals surface area contributed by atoms with Crippen LogP contribution in [0.2, 0.25) is 6.32 Å². The number of amides is 4. The minimum absolute atomic E-state index is 0.0349. The summed E-state index contributed by atoms with van der Waals surface area (Å²) in [5.74, 6) is 1.14. The van der Waals surface area contributed by atoms with Gasteiger partial charge in [0.05, 0.1) is 17.8 Å². The summed E-state index contributed by atoms with van der Waals surface area (Å²) in [6.45, 7) is 15.3. The highest BCUT2D eigenvalue weighted by Crippen LogP contribution is 2.25. The van der Waals surface area contributed by atoms with Crippen molar-refractivity contribution in [1.29, 1.82) is 10.7 Å². The van der Waals surface area contributed by atoms with Gasteiger partial charge in [-0.05, 0) is 84.0 Å². The number of anilines is 1. The number of carbonyl (C=O) groups excluding carboxylic acids is 5. The number of nitrogens with two attached hydrogens (primary N) is 1. The molecule has 3 aliphatic heterocycles. The molecule has 378 valence electrons. The Morgan fingerprint density at radius 3 is 2.21 bits per heavy atom. The van der Waals surface area contributed by atoms with Crippen LogP contribution in [0.3, 0.4) is 0 Å². The number of aldehydes is 1. The first-order valence-electron chi connectivity index (χ1n) is 23.9. The van der Waals surface area contributed by atoms with E-state index in [-0.39, 0.29) is 53.0 Å². The molecule has 2 aromatic heterocycles. The fourth-order valence-electron chi connectivity index (χ4n) is 8.35. The highest BCUT2D eigenvalue weighted by Gasteiger charge is 2.30. The van der Waals surface area contributed by atoms with Crippen LogP contribution in [0.4, 0.5) is 10.1 Å². The molecule has 3 fully saturated rings. The molecule has 4 amide bonds. The van der Waals surface area contributed by atoms with Crippen molar-refractivity contribution in [3.63, 3.8) is 0 Å². The molecule has 71 heavy (non-hydrogen) atoms. The lowest BCUT2D eigenvalue weighted by Crippen LogP contribution is -2.53. The monoisotopic (exact) mass is 1050 g/mol. The number of nitriles is 1. The number of rotatable bonds is 15. The van der Waals surface area contributed by atoms with Crippen molar-refractivity contribution < 1.29 is 28.4 Å². The molecule has 0 saturated carbocycles. The summed E-state index contributed by atoms with van der Waals surface area (Å²) < 4.78 is 13.9. The molecular weight excluding hydrogens is 989 g/mol. The third-order valence-corrected chi connectivity index (χ3v) is 12.7. The van der Waals surface area contributed by atoms with Gasteiger partial charge in [0.2, 0.25) is 17.7 Å². The number of halogens is 2. The number of primary amides is 1. The zero-order valence-electron chi connectivity index (χ0n) is 41.2. The third kappa shape index (κ3) is 18.1. The Bertz CT molecular complexity index is 2450. The number of hydrogen-bond donors (Lipinski definition) is 3. The number of benzene rings is 2. The van der Waals surface area contributed by atoms with Crippen LogP contribution < -0.4 is 11.1 Å². The van der Waals surface area contributed by atoms with Crippen LogP contribution in [0, 0.1) is 28.4 Å². The standard InChI is InChI=1S/C31H42BBrN10O3.C16H13FN2O2.C2H6.CH5P/c1-39-8-14-42(15-9-39)29(45)21-41-12-10-40(11-13-41)20-24-3-6-43(7-4-24)31(46)30-27(16-25(33)19-36-30)38-28(44)18-32(22-34)17-26-2-5-35-23-37-26;17-14-6-5-10(7-11(14)9-20)8-15(18)12-3-1-2-4-13(12)16(19)21;2*1-2/h2,5,16,19,23-24H,3-4,6-15,17-18,20-21H2,1H3,(H,38,44);1-7,9,18H,8H2,(H2,19,21);1-2H3;2H2,1H3. The van der Waals surface area contributed by atoms with E-state index in [1.165, 1.54) is 24.5 Å². The summed E-state index contributed by atoms with van der Waals surface area (Å²) in [4.78, 5) is 84.6. The summed E-state index contributed by atoms with van der Waals surface area (Å²) in [5.41, 5.74) is 7.92. The number of carbonyl (C=O) groups is 5. The molecule has 21 heteroatoms. The van der Waals surface area contributed by atoms with Gasteiger partial charge in [-0.3, -0.25) is 28.9 Å². The van der Waals surface area contributed by atoms with Gasteiger partial charge in [-0.1, -0.05) is 44.8 Å². The van der Waals surface area contributed by atoms with Gasteiger partial charge < -0.3 is 36.1 Å². The Hall–Kier alpha value is -5.84. The predicted molar refractivity (Wildman–Crippen MR) is 282 cm³/mol. The van der Waals surface area contributed by atoms with E-state index in [0.717, 1.165) is 71.7 Å². The van der Waals surface area contributed by atoms with Crippen LogP contribution in [0.15, 0.2) is 77.8 Å². The zero-order valence-corrected chi connectivity index (χ0v) is 43.9. The van der Waals surface area contributed by atoms with Crippen molar-refractivity contribution in [2.75, 3.05) is 97.6 Å².